The Labute approximate surface area is 89.3 Å². The van der Waals surface area contributed by atoms with Crippen LogP contribution in [0.4, 0.5) is 0 Å². The zero-order valence-corrected chi connectivity index (χ0v) is 9.21. The molecule has 1 heterocycles. The van der Waals surface area contributed by atoms with Crippen molar-refractivity contribution in [3.8, 4) is 0 Å². The molecule has 2 nitrogen and oxygen atoms in total. The van der Waals surface area contributed by atoms with E-state index in [1.54, 1.807) is 12.1 Å². The molecule has 0 atom stereocenters. The van der Waals surface area contributed by atoms with E-state index >= 15 is 0 Å². The number of carbonyl (C=O) groups is 1. The van der Waals surface area contributed by atoms with Gasteiger partial charge in [-0.1, -0.05) is 25.4 Å². The quantitative estimate of drug-likeness (QED) is 0.715. The summed E-state index contributed by atoms with van der Waals surface area (Å²) in [5.74, 6) is 0.204. The molecular formula is C11H14ClNO. The van der Waals surface area contributed by atoms with E-state index in [4.69, 9.17) is 11.6 Å². The zero-order valence-electron chi connectivity index (χ0n) is 8.46. The Bertz CT molecular complexity index is 304. The number of halogens is 1. The van der Waals surface area contributed by atoms with Crippen LogP contribution in [0.25, 0.3) is 0 Å². The number of rotatable bonds is 4. The van der Waals surface area contributed by atoms with Crippen LogP contribution in [0.15, 0.2) is 18.3 Å². The van der Waals surface area contributed by atoms with E-state index in [1.165, 1.54) is 6.20 Å². The van der Waals surface area contributed by atoms with Crippen molar-refractivity contribution in [1.29, 1.82) is 0 Å². The molecule has 0 aliphatic rings. The van der Waals surface area contributed by atoms with Gasteiger partial charge in [-0.3, -0.25) is 9.78 Å². The minimum Gasteiger partial charge on any atom is -0.292 e. The predicted octanol–water partition coefficient (Wildman–Crippen LogP) is 3.35. The van der Waals surface area contributed by atoms with Crippen molar-refractivity contribution >= 4 is 17.4 Å². The standard InChI is InChI=1S/C11H14ClNO/c1-3-8(4-2)11(14)10-6-5-9(12)7-13-10/h5-8H,3-4H2,1-2H3. The van der Waals surface area contributed by atoms with Crippen molar-refractivity contribution < 1.29 is 4.79 Å². The summed E-state index contributed by atoms with van der Waals surface area (Å²) in [7, 11) is 0. The van der Waals surface area contributed by atoms with Crippen molar-refractivity contribution in [2.24, 2.45) is 5.92 Å². The van der Waals surface area contributed by atoms with Crippen LogP contribution in [0.2, 0.25) is 5.02 Å². The highest BCUT2D eigenvalue weighted by molar-refractivity contribution is 6.30. The van der Waals surface area contributed by atoms with Crippen LogP contribution in [0.3, 0.4) is 0 Å². The minimum atomic E-state index is 0.0867. The molecule has 0 bridgehead atoms. The Morgan fingerprint density at radius 2 is 2.07 bits per heavy atom. The lowest BCUT2D eigenvalue weighted by Crippen LogP contribution is -2.14. The summed E-state index contributed by atoms with van der Waals surface area (Å²) in [6, 6.07) is 3.38. The van der Waals surface area contributed by atoms with Crippen molar-refractivity contribution in [1.82, 2.24) is 4.98 Å². The van der Waals surface area contributed by atoms with Gasteiger partial charge in [0.25, 0.3) is 0 Å². The second kappa shape index (κ2) is 5.11. The first kappa shape index (κ1) is 11.2. The summed E-state index contributed by atoms with van der Waals surface area (Å²) < 4.78 is 0. The number of hydrogen-bond acceptors (Lipinski definition) is 2. The lowest BCUT2D eigenvalue weighted by molar-refractivity contribution is 0.0908. The van der Waals surface area contributed by atoms with Crippen LogP contribution in [0.5, 0.6) is 0 Å². The molecule has 0 spiro atoms. The van der Waals surface area contributed by atoms with Crippen LogP contribution in [-0.4, -0.2) is 10.8 Å². The van der Waals surface area contributed by atoms with Gasteiger partial charge in [0.15, 0.2) is 5.78 Å². The van der Waals surface area contributed by atoms with Crippen LogP contribution in [0.1, 0.15) is 37.2 Å². The third-order valence-electron chi connectivity index (χ3n) is 2.34. The second-order valence-corrected chi connectivity index (χ2v) is 3.68. The highest BCUT2D eigenvalue weighted by atomic mass is 35.5. The van der Waals surface area contributed by atoms with Crippen LogP contribution < -0.4 is 0 Å². The Morgan fingerprint density at radius 1 is 1.43 bits per heavy atom. The smallest absolute Gasteiger partial charge is 0.184 e. The fourth-order valence-electron chi connectivity index (χ4n) is 1.39. The highest BCUT2D eigenvalue weighted by Crippen LogP contribution is 2.15. The van der Waals surface area contributed by atoms with Gasteiger partial charge in [0.1, 0.15) is 5.69 Å². The average molecular weight is 212 g/mol. The maximum absolute atomic E-state index is 11.8. The molecule has 0 unspecified atom stereocenters. The largest absolute Gasteiger partial charge is 0.292 e. The molecule has 0 N–H and O–H groups in total. The van der Waals surface area contributed by atoms with Gasteiger partial charge in [0.2, 0.25) is 0 Å². The number of pyridine rings is 1. The second-order valence-electron chi connectivity index (χ2n) is 3.24. The molecule has 0 radical (unpaired) electrons. The van der Waals surface area contributed by atoms with E-state index in [0.717, 1.165) is 12.8 Å². The third kappa shape index (κ3) is 2.55. The summed E-state index contributed by atoms with van der Waals surface area (Å²) in [5, 5.41) is 0.561. The number of aromatic nitrogens is 1. The predicted molar refractivity (Wildman–Crippen MR) is 57.6 cm³/mol. The molecule has 0 saturated carbocycles. The van der Waals surface area contributed by atoms with E-state index in [9.17, 15) is 4.79 Å². The Hall–Kier alpha value is -0.890. The number of carbonyl (C=O) groups excluding carboxylic acids is 1. The molecule has 3 heteroatoms. The lowest BCUT2D eigenvalue weighted by Gasteiger charge is -2.09. The average Bonchev–Trinajstić information content (AvgIpc) is 2.20. The SMILES string of the molecule is CCC(CC)C(=O)c1ccc(Cl)cn1. The first-order valence-corrected chi connectivity index (χ1v) is 5.22. The van der Waals surface area contributed by atoms with E-state index in [2.05, 4.69) is 4.98 Å². The van der Waals surface area contributed by atoms with Crippen LogP contribution in [-0.2, 0) is 0 Å². The molecule has 0 aliphatic carbocycles. The molecule has 1 aromatic heterocycles. The molecule has 0 saturated heterocycles. The molecule has 0 amide bonds. The topological polar surface area (TPSA) is 30.0 Å². The third-order valence-corrected chi connectivity index (χ3v) is 2.56. The van der Waals surface area contributed by atoms with Crippen molar-refractivity contribution in [2.75, 3.05) is 0 Å². The molecule has 0 aliphatic heterocycles. The number of hydrogen-bond donors (Lipinski definition) is 0. The summed E-state index contributed by atoms with van der Waals surface area (Å²) in [5.41, 5.74) is 0.517. The first-order chi connectivity index (χ1) is 6.69. The molecular weight excluding hydrogens is 198 g/mol. The molecule has 0 fully saturated rings. The summed E-state index contributed by atoms with van der Waals surface area (Å²) in [4.78, 5) is 15.8. The maximum Gasteiger partial charge on any atom is 0.184 e. The fraction of sp³-hybridized carbons (Fsp3) is 0.455. The van der Waals surface area contributed by atoms with Gasteiger partial charge in [-0.2, -0.15) is 0 Å². The van der Waals surface area contributed by atoms with E-state index in [1.807, 2.05) is 13.8 Å². The van der Waals surface area contributed by atoms with Gasteiger partial charge < -0.3 is 0 Å². The summed E-state index contributed by atoms with van der Waals surface area (Å²) >= 11 is 5.69. The first-order valence-electron chi connectivity index (χ1n) is 4.84. The van der Waals surface area contributed by atoms with Crippen molar-refractivity contribution in [3.05, 3.63) is 29.0 Å². The number of ketones is 1. The van der Waals surface area contributed by atoms with E-state index < -0.39 is 0 Å². The summed E-state index contributed by atoms with van der Waals surface area (Å²) in [6.45, 7) is 4.03. The molecule has 14 heavy (non-hydrogen) atoms. The van der Waals surface area contributed by atoms with Crippen molar-refractivity contribution in [2.45, 2.75) is 26.7 Å². The van der Waals surface area contributed by atoms with Crippen molar-refractivity contribution in [3.63, 3.8) is 0 Å². The number of nitrogens with zero attached hydrogens (tertiary/aromatic N) is 1. The molecule has 1 aromatic rings. The molecule has 1 rings (SSSR count). The van der Waals surface area contributed by atoms with Gasteiger partial charge in [-0.25, -0.2) is 0 Å². The summed E-state index contributed by atoms with van der Waals surface area (Å²) in [6.07, 6.45) is 3.23. The van der Waals surface area contributed by atoms with Gasteiger partial charge in [0, 0.05) is 12.1 Å². The zero-order chi connectivity index (χ0) is 10.6. The van der Waals surface area contributed by atoms with Gasteiger partial charge in [-0.05, 0) is 25.0 Å². The van der Waals surface area contributed by atoms with Gasteiger partial charge >= 0.3 is 0 Å². The monoisotopic (exact) mass is 211 g/mol. The Kier molecular flexibility index (Phi) is 4.08. The van der Waals surface area contributed by atoms with Crippen LogP contribution in [0, 0.1) is 5.92 Å². The van der Waals surface area contributed by atoms with Crippen LogP contribution >= 0.6 is 11.6 Å². The normalized spacial score (nSPS) is 10.6. The van der Waals surface area contributed by atoms with Gasteiger partial charge in [0.05, 0.1) is 5.02 Å². The Balaban J connectivity index is 2.83. The highest BCUT2D eigenvalue weighted by Gasteiger charge is 2.16. The Morgan fingerprint density at radius 3 is 2.50 bits per heavy atom. The maximum atomic E-state index is 11.8. The molecule has 76 valence electrons. The minimum absolute atomic E-state index is 0.0867. The van der Waals surface area contributed by atoms with Gasteiger partial charge in [-0.15, -0.1) is 0 Å². The van der Waals surface area contributed by atoms with E-state index in [0.29, 0.717) is 10.7 Å². The fourth-order valence-corrected chi connectivity index (χ4v) is 1.50. The molecule has 0 aromatic carbocycles. The number of Topliss-reactive ketones (excluding diaryl/α,β-unsaturated/α-hetero) is 1. The van der Waals surface area contributed by atoms with E-state index in [-0.39, 0.29) is 11.7 Å². The lowest BCUT2D eigenvalue weighted by atomic mass is 9.96.